The summed E-state index contributed by atoms with van der Waals surface area (Å²) in [5.74, 6) is 18.7. The van der Waals surface area contributed by atoms with Gasteiger partial charge in [-0.25, -0.2) is 0 Å². The van der Waals surface area contributed by atoms with Crippen LogP contribution in [0.4, 0.5) is 0 Å². The summed E-state index contributed by atoms with van der Waals surface area (Å²) in [6, 6.07) is 0. The fraction of sp³-hybridized carbons (Fsp3) is 1.00. The van der Waals surface area contributed by atoms with Gasteiger partial charge in [0.25, 0.3) is 0 Å². The van der Waals surface area contributed by atoms with Crippen LogP contribution in [0.2, 0.25) is 0 Å². The minimum atomic E-state index is 0.825. The lowest BCUT2D eigenvalue weighted by molar-refractivity contribution is 0.121. The van der Waals surface area contributed by atoms with Crippen LogP contribution in [0, 0.1) is 121 Å². The van der Waals surface area contributed by atoms with Crippen molar-refractivity contribution in [2.24, 2.45) is 121 Å². The summed E-state index contributed by atoms with van der Waals surface area (Å²) in [5.41, 5.74) is 5.74. The van der Waals surface area contributed by atoms with Crippen molar-refractivity contribution in [1.29, 1.82) is 0 Å². The summed E-state index contributed by atoms with van der Waals surface area (Å²) in [4.78, 5) is 0. The van der Waals surface area contributed by atoms with Crippen molar-refractivity contribution in [3.05, 3.63) is 0 Å². The topological polar surface area (TPSA) is 0 Å². The largest absolute Gasteiger partial charge is 0.0648 e. The molecular weight excluding hydrogens is 396 g/mol. The molecule has 0 saturated heterocycles. The summed E-state index contributed by atoms with van der Waals surface area (Å²) in [7, 11) is 0. The molecule has 174 valence electrons. The Labute approximate surface area is 199 Å². The number of fused-ring (bicyclic) bond motifs is 21. The van der Waals surface area contributed by atoms with Gasteiger partial charge >= 0.3 is 0 Å². The van der Waals surface area contributed by atoms with Crippen LogP contribution in [0.3, 0.4) is 0 Å². The molecule has 13 rings (SSSR count). The van der Waals surface area contributed by atoms with E-state index < -0.39 is 0 Å². The molecule has 5 spiro atoms. The lowest BCUT2D eigenvalue weighted by Gasteiger charge is -2.35. The van der Waals surface area contributed by atoms with Gasteiger partial charge in [0.2, 0.25) is 0 Å². The van der Waals surface area contributed by atoms with Gasteiger partial charge in [-0.3, -0.25) is 0 Å². The standard InChI is InChI=1S/C33H42/c1-4-28(7-13(2)3)15-8-29(23(15)28)16-9-30(24(16)29)17-10-31(25(17)30)18-11-32(26(18)31)19-12-33(27(19)32)21-20(22(21)33)14-5-6-14/h13-27H,4-12H2,1-3H3. The molecular formula is C33H42. The molecule has 0 aromatic heterocycles. The lowest BCUT2D eigenvalue weighted by Crippen LogP contribution is -2.30. The van der Waals surface area contributed by atoms with E-state index in [2.05, 4.69) is 20.8 Å². The highest BCUT2D eigenvalue weighted by Gasteiger charge is 3.09. The highest BCUT2D eigenvalue weighted by Crippen LogP contribution is 3.14. The molecule has 17 unspecified atom stereocenters. The Morgan fingerprint density at radius 1 is 0.606 bits per heavy atom. The van der Waals surface area contributed by atoms with Crippen LogP contribution in [0.15, 0.2) is 0 Å². The molecule has 17 atom stereocenters. The van der Waals surface area contributed by atoms with E-state index in [9.17, 15) is 0 Å². The van der Waals surface area contributed by atoms with E-state index in [1.165, 1.54) is 89.3 Å². The van der Waals surface area contributed by atoms with E-state index in [0.29, 0.717) is 0 Å². The molecule has 0 N–H and O–H groups in total. The number of rotatable bonds is 4. The molecule has 13 saturated carbocycles. The molecule has 0 amide bonds. The van der Waals surface area contributed by atoms with Crippen LogP contribution < -0.4 is 0 Å². The van der Waals surface area contributed by atoms with Crippen LogP contribution in [-0.4, -0.2) is 0 Å². The Morgan fingerprint density at radius 2 is 1.06 bits per heavy atom. The Kier molecular flexibility index (Phi) is 1.92. The van der Waals surface area contributed by atoms with E-state index in [-0.39, 0.29) is 0 Å². The first kappa shape index (κ1) is 16.7. The van der Waals surface area contributed by atoms with Crippen molar-refractivity contribution in [2.75, 3.05) is 0 Å². The average molecular weight is 439 g/mol. The predicted molar refractivity (Wildman–Crippen MR) is 126 cm³/mol. The fourth-order valence-corrected chi connectivity index (χ4v) is 18.1. The van der Waals surface area contributed by atoms with Gasteiger partial charge in [-0.05, 0) is 179 Å². The minimum absolute atomic E-state index is 0.825. The van der Waals surface area contributed by atoms with E-state index in [0.717, 1.165) is 38.4 Å². The smallest absolute Gasteiger partial charge is 0.0190 e. The van der Waals surface area contributed by atoms with Crippen molar-refractivity contribution in [3.63, 3.8) is 0 Å². The highest BCUT2D eigenvalue weighted by atomic mass is 15.1. The zero-order valence-corrected chi connectivity index (χ0v) is 21.0. The van der Waals surface area contributed by atoms with Crippen molar-refractivity contribution in [3.8, 4) is 0 Å². The molecule has 13 aliphatic rings. The zero-order valence-electron chi connectivity index (χ0n) is 21.0. The van der Waals surface area contributed by atoms with Crippen molar-refractivity contribution >= 4 is 0 Å². The first-order valence-corrected chi connectivity index (χ1v) is 16.0. The molecule has 13 aliphatic carbocycles. The normalized spacial score (nSPS) is 86.0. The molecule has 0 aliphatic heterocycles. The van der Waals surface area contributed by atoms with Crippen LogP contribution in [0.5, 0.6) is 0 Å². The Bertz CT molecular complexity index is 1150. The van der Waals surface area contributed by atoms with Gasteiger partial charge in [-0.1, -0.05) is 20.8 Å². The maximum atomic E-state index is 2.55. The third kappa shape index (κ3) is 1.12. The van der Waals surface area contributed by atoms with Gasteiger partial charge in [-0.2, -0.15) is 0 Å². The van der Waals surface area contributed by atoms with Crippen LogP contribution in [-0.2, 0) is 0 Å². The van der Waals surface area contributed by atoms with E-state index in [4.69, 9.17) is 0 Å². The molecule has 0 bridgehead atoms. The first-order chi connectivity index (χ1) is 16.0. The first-order valence-electron chi connectivity index (χ1n) is 16.0. The van der Waals surface area contributed by atoms with Gasteiger partial charge < -0.3 is 0 Å². The van der Waals surface area contributed by atoms with Gasteiger partial charge in [0.15, 0.2) is 0 Å². The number of hydrogen-bond donors (Lipinski definition) is 0. The van der Waals surface area contributed by atoms with Crippen molar-refractivity contribution in [2.45, 2.75) is 78.6 Å². The number of hydrogen-bond acceptors (Lipinski definition) is 0. The summed E-state index contributed by atoms with van der Waals surface area (Å²) < 4.78 is 0. The third-order valence-electron chi connectivity index (χ3n) is 18.5. The van der Waals surface area contributed by atoms with Crippen molar-refractivity contribution in [1.82, 2.24) is 0 Å². The van der Waals surface area contributed by atoms with Crippen LogP contribution >= 0.6 is 0 Å². The molecule has 0 aromatic carbocycles. The van der Waals surface area contributed by atoms with Gasteiger partial charge in [-0.15, -0.1) is 0 Å². The summed E-state index contributed by atoms with van der Waals surface area (Å²) in [5, 5.41) is 0. The second kappa shape index (κ2) is 3.80. The maximum Gasteiger partial charge on any atom is -0.0190 e. The van der Waals surface area contributed by atoms with E-state index >= 15 is 0 Å². The maximum absolute atomic E-state index is 2.55. The van der Waals surface area contributed by atoms with Crippen LogP contribution in [0.25, 0.3) is 0 Å². The molecule has 0 nitrogen and oxygen atoms in total. The van der Waals surface area contributed by atoms with E-state index in [1.807, 2.05) is 0 Å². The Hall–Kier alpha value is 0. The summed E-state index contributed by atoms with van der Waals surface area (Å²) in [6.45, 7) is 7.56. The second-order valence-corrected chi connectivity index (χ2v) is 18.2. The lowest BCUT2D eigenvalue weighted by atomic mass is 9.69. The van der Waals surface area contributed by atoms with E-state index in [1.54, 1.807) is 51.4 Å². The summed E-state index contributed by atoms with van der Waals surface area (Å²) >= 11 is 0. The highest BCUT2D eigenvalue weighted by molar-refractivity contribution is 5.56. The Balaban J connectivity index is 0.772. The zero-order chi connectivity index (χ0) is 21.0. The third-order valence-corrected chi connectivity index (χ3v) is 18.5. The summed E-state index contributed by atoms with van der Waals surface area (Å²) in [6.07, 6.45) is 15.0. The molecule has 0 aromatic rings. The molecule has 13 fully saturated rings. The minimum Gasteiger partial charge on any atom is -0.0648 e. The van der Waals surface area contributed by atoms with Gasteiger partial charge in [0.1, 0.15) is 0 Å². The predicted octanol–water partition coefficient (Wildman–Crippen LogP) is 6.90. The monoisotopic (exact) mass is 438 g/mol. The van der Waals surface area contributed by atoms with Gasteiger partial charge in [0, 0.05) is 0 Å². The van der Waals surface area contributed by atoms with Crippen molar-refractivity contribution < 1.29 is 0 Å². The van der Waals surface area contributed by atoms with Gasteiger partial charge in [0.05, 0.1) is 0 Å². The SMILES string of the molecule is CCC1(CC(C)C)C2CC3(C4CC5(C6CC7(C8CC9(C%10CC%11(C%12C(C%13CC%13)C%12%11)C%109)C87)C65)C43)C21. The molecule has 33 heavy (non-hydrogen) atoms. The van der Waals surface area contributed by atoms with Crippen LogP contribution in [0.1, 0.15) is 78.6 Å². The average Bonchev–Trinajstić information content (AvgIpc) is 3.49. The molecule has 0 radical (unpaired) electrons. The molecule has 0 heteroatoms. The fourth-order valence-electron chi connectivity index (χ4n) is 18.1. The Morgan fingerprint density at radius 3 is 1.55 bits per heavy atom. The molecule has 0 heterocycles. The second-order valence-electron chi connectivity index (χ2n) is 18.2. The quantitative estimate of drug-likeness (QED) is 0.448.